The lowest BCUT2D eigenvalue weighted by molar-refractivity contribution is 0.366. The van der Waals surface area contributed by atoms with Crippen molar-refractivity contribution >= 4 is 5.82 Å². The molecule has 0 radical (unpaired) electrons. The molecule has 1 aromatic carbocycles. The fourth-order valence-corrected chi connectivity index (χ4v) is 1.80. The highest BCUT2D eigenvalue weighted by atomic mass is 19.1. The number of aromatic nitrogens is 1. The molecule has 18 heavy (non-hydrogen) atoms. The van der Waals surface area contributed by atoms with Gasteiger partial charge in [-0.1, -0.05) is 19.0 Å². The number of nitrogens with zero attached hydrogens (tertiary/aromatic N) is 1. The molecule has 1 aromatic heterocycles. The van der Waals surface area contributed by atoms with Gasteiger partial charge in [0.15, 0.2) is 5.82 Å². The van der Waals surface area contributed by atoms with E-state index in [1.165, 1.54) is 12.1 Å². The quantitative estimate of drug-likeness (QED) is 0.905. The molecule has 2 N–H and O–H groups in total. The molecule has 96 valence electrons. The highest BCUT2D eigenvalue weighted by Gasteiger charge is 2.22. The number of hydrogen-bond acceptors (Lipinski definition) is 3. The van der Waals surface area contributed by atoms with E-state index in [2.05, 4.69) is 5.16 Å². The number of nitrogen functional groups attached to an aromatic ring is 1. The van der Waals surface area contributed by atoms with E-state index >= 15 is 0 Å². The van der Waals surface area contributed by atoms with E-state index in [1.807, 2.05) is 13.8 Å². The molecule has 0 aliphatic heterocycles. The first-order valence-corrected chi connectivity index (χ1v) is 5.75. The van der Waals surface area contributed by atoms with Crippen molar-refractivity contribution in [2.75, 3.05) is 5.73 Å². The number of halogens is 2. The number of anilines is 1. The average molecular weight is 252 g/mol. The van der Waals surface area contributed by atoms with Gasteiger partial charge in [0.1, 0.15) is 17.4 Å². The van der Waals surface area contributed by atoms with E-state index < -0.39 is 11.6 Å². The molecular weight excluding hydrogens is 238 g/mol. The molecule has 0 spiro atoms. The van der Waals surface area contributed by atoms with E-state index in [0.717, 1.165) is 12.5 Å². The number of benzene rings is 1. The van der Waals surface area contributed by atoms with Crippen LogP contribution in [0.1, 0.15) is 31.9 Å². The highest BCUT2D eigenvalue weighted by Crippen LogP contribution is 2.36. The van der Waals surface area contributed by atoms with Gasteiger partial charge in [0.2, 0.25) is 0 Å². The Morgan fingerprint density at radius 1 is 1.39 bits per heavy atom. The zero-order valence-electron chi connectivity index (χ0n) is 10.2. The van der Waals surface area contributed by atoms with Crippen LogP contribution in [0, 0.1) is 11.6 Å². The van der Waals surface area contributed by atoms with Crippen LogP contribution in [0.15, 0.2) is 22.7 Å². The SMILES string of the molecule is CCC(C)c1onc(N)c1-c1ccc(F)cc1F. The second-order valence-corrected chi connectivity index (χ2v) is 4.24. The van der Waals surface area contributed by atoms with Crippen LogP contribution < -0.4 is 5.73 Å². The van der Waals surface area contributed by atoms with Gasteiger partial charge in [-0.25, -0.2) is 8.78 Å². The lowest BCUT2D eigenvalue weighted by atomic mass is 9.97. The summed E-state index contributed by atoms with van der Waals surface area (Å²) in [5.74, 6) is -0.587. The highest BCUT2D eigenvalue weighted by molar-refractivity contribution is 5.76. The van der Waals surface area contributed by atoms with Crippen LogP contribution in [0.5, 0.6) is 0 Å². The van der Waals surface area contributed by atoms with E-state index in [0.29, 0.717) is 11.3 Å². The van der Waals surface area contributed by atoms with Gasteiger partial charge >= 0.3 is 0 Å². The standard InChI is InChI=1S/C13H14F2N2O/c1-3-7(2)12-11(13(16)17-18-12)9-5-4-8(14)6-10(9)15/h4-7H,3H2,1-2H3,(H2,16,17). The molecule has 1 heterocycles. The summed E-state index contributed by atoms with van der Waals surface area (Å²) in [7, 11) is 0. The van der Waals surface area contributed by atoms with Crippen LogP contribution in [0.25, 0.3) is 11.1 Å². The molecule has 2 rings (SSSR count). The third-order valence-electron chi connectivity index (χ3n) is 3.01. The van der Waals surface area contributed by atoms with Crippen molar-refractivity contribution in [3.63, 3.8) is 0 Å². The monoisotopic (exact) mass is 252 g/mol. The third kappa shape index (κ3) is 2.08. The lowest BCUT2D eigenvalue weighted by Crippen LogP contribution is -1.96. The van der Waals surface area contributed by atoms with Crippen molar-refractivity contribution in [2.45, 2.75) is 26.2 Å². The van der Waals surface area contributed by atoms with E-state index in [1.54, 1.807) is 0 Å². The Morgan fingerprint density at radius 3 is 2.72 bits per heavy atom. The predicted molar refractivity (Wildman–Crippen MR) is 65.0 cm³/mol. The Labute approximate surface area is 104 Å². The molecule has 5 heteroatoms. The molecule has 0 amide bonds. The summed E-state index contributed by atoms with van der Waals surface area (Å²) in [5, 5.41) is 3.67. The maximum absolute atomic E-state index is 13.8. The van der Waals surface area contributed by atoms with Crippen LogP contribution >= 0.6 is 0 Å². The van der Waals surface area contributed by atoms with Gasteiger partial charge in [0.05, 0.1) is 5.56 Å². The Kier molecular flexibility index (Phi) is 3.32. The number of rotatable bonds is 3. The van der Waals surface area contributed by atoms with Crippen molar-refractivity contribution in [2.24, 2.45) is 0 Å². The van der Waals surface area contributed by atoms with Crippen LogP contribution in [0.4, 0.5) is 14.6 Å². The van der Waals surface area contributed by atoms with Crippen molar-refractivity contribution in [1.29, 1.82) is 0 Å². The maximum Gasteiger partial charge on any atom is 0.175 e. The van der Waals surface area contributed by atoms with Crippen LogP contribution in [-0.4, -0.2) is 5.16 Å². The van der Waals surface area contributed by atoms with Crippen LogP contribution in [0.3, 0.4) is 0 Å². The Morgan fingerprint density at radius 2 is 2.11 bits per heavy atom. The fourth-order valence-electron chi connectivity index (χ4n) is 1.80. The number of hydrogen-bond donors (Lipinski definition) is 1. The van der Waals surface area contributed by atoms with Crippen LogP contribution in [0.2, 0.25) is 0 Å². The Bertz CT molecular complexity index is 566. The molecule has 0 saturated carbocycles. The second kappa shape index (κ2) is 4.76. The summed E-state index contributed by atoms with van der Waals surface area (Å²) in [4.78, 5) is 0. The molecule has 0 fully saturated rings. The summed E-state index contributed by atoms with van der Waals surface area (Å²) >= 11 is 0. The minimum Gasteiger partial charge on any atom is -0.380 e. The summed E-state index contributed by atoms with van der Waals surface area (Å²) in [6.45, 7) is 3.92. The van der Waals surface area contributed by atoms with Gasteiger partial charge < -0.3 is 10.3 Å². The largest absolute Gasteiger partial charge is 0.380 e. The van der Waals surface area contributed by atoms with Crippen LogP contribution in [-0.2, 0) is 0 Å². The molecule has 0 aliphatic carbocycles. The van der Waals surface area contributed by atoms with Gasteiger partial charge in [-0.15, -0.1) is 0 Å². The van der Waals surface area contributed by atoms with Crippen molar-refractivity contribution in [1.82, 2.24) is 5.16 Å². The van der Waals surface area contributed by atoms with Gasteiger partial charge in [0.25, 0.3) is 0 Å². The summed E-state index contributed by atoms with van der Waals surface area (Å²) in [6, 6.07) is 3.35. The van der Waals surface area contributed by atoms with Gasteiger partial charge in [-0.05, 0) is 18.6 Å². The minimum absolute atomic E-state index is 0.0641. The predicted octanol–water partition coefficient (Wildman–Crippen LogP) is 3.72. The van der Waals surface area contributed by atoms with Gasteiger partial charge in [0, 0.05) is 17.5 Å². The first-order chi connectivity index (χ1) is 8.54. The zero-order chi connectivity index (χ0) is 13.3. The average Bonchev–Trinajstić information content (AvgIpc) is 2.70. The molecule has 0 saturated heterocycles. The molecule has 1 atom stereocenters. The summed E-state index contributed by atoms with van der Waals surface area (Å²) < 4.78 is 31.8. The first kappa shape index (κ1) is 12.5. The third-order valence-corrected chi connectivity index (χ3v) is 3.01. The first-order valence-electron chi connectivity index (χ1n) is 5.75. The minimum atomic E-state index is -0.672. The van der Waals surface area contributed by atoms with Crippen molar-refractivity contribution < 1.29 is 13.3 Å². The molecular formula is C13H14F2N2O. The Hall–Kier alpha value is -1.91. The zero-order valence-corrected chi connectivity index (χ0v) is 10.2. The van der Waals surface area contributed by atoms with Gasteiger partial charge in [-0.3, -0.25) is 0 Å². The van der Waals surface area contributed by atoms with E-state index in [-0.39, 0.29) is 17.3 Å². The number of nitrogens with two attached hydrogens (primary N) is 1. The van der Waals surface area contributed by atoms with Gasteiger partial charge in [-0.2, -0.15) is 0 Å². The summed E-state index contributed by atoms with van der Waals surface area (Å²) in [6.07, 6.45) is 0.810. The lowest BCUT2D eigenvalue weighted by Gasteiger charge is -2.08. The van der Waals surface area contributed by atoms with Crippen molar-refractivity contribution in [3.8, 4) is 11.1 Å². The topological polar surface area (TPSA) is 52.0 Å². The molecule has 0 aliphatic rings. The summed E-state index contributed by atoms with van der Waals surface area (Å²) in [5.41, 5.74) is 6.34. The second-order valence-electron chi connectivity index (χ2n) is 4.24. The smallest absolute Gasteiger partial charge is 0.175 e. The Balaban J connectivity index is 2.59. The maximum atomic E-state index is 13.8. The molecule has 1 unspecified atom stereocenters. The van der Waals surface area contributed by atoms with E-state index in [4.69, 9.17) is 10.3 Å². The molecule has 0 bridgehead atoms. The van der Waals surface area contributed by atoms with E-state index in [9.17, 15) is 8.78 Å². The molecule has 3 nitrogen and oxygen atoms in total. The molecule has 2 aromatic rings. The fraction of sp³-hybridized carbons (Fsp3) is 0.308. The normalized spacial score (nSPS) is 12.7. The van der Waals surface area contributed by atoms with Crippen molar-refractivity contribution in [3.05, 3.63) is 35.6 Å².